The maximum absolute atomic E-state index is 10.3. The van der Waals surface area contributed by atoms with Crippen molar-refractivity contribution in [3.63, 3.8) is 0 Å². The van der Waals surface area contributed by atoms with Crippen molar-refractivity contribution in [3.8, 4) is 0 Å². The van der Waals surface area contributed by atoms with Crippen LogP contribution in [0.5, 0.6) is 0 Å². The first kappa shape index (κ1) is 20.2. The molecule has 2 rings (SSSR count). The molecule has 1 aliphatic carbocycles. The summed E-state index contributed by atoms with van der Waals surface area (Å²) in [6.45, 7) is 10.5. The molecular weight excluding hydrogens is 298 g/mol. The summed E-state index contributed by atoms with van der Waals surface area (Å²) in [7, 11) is 0. The lowest BCUT2D eigenvalue weighted by atomic mass is 9.75. The van der Waals surface area contributed by atoms with Crippen molar-refractivity contribution in [2.24, 2.45) is 17.8 Å². The smallest absolute Gasteiger partial charge is 0.0900 e. The van der Waals surface area contributed by atoms with E-state index >= 15 is 0 Å². The third kappa shape index (κ3) is 6.35. The number of aliphatic hydroxyl groups excluding tert-OH is 1. The van der Waals surface area contributed by atoms with E-state index in [1.807, 2.05) is 0 Å². The molecule has 1 saturated carbocycles. The first-order valence-electron chi connectivity index (χ1n) is 9.08. The average molecular weight is 333 g/mol. The van der Waals surface area contributed by atoms with E-state index in [0.717, 1.165) is 25.6 Å². The number of likely N-dealkylation sites (tertiary alicyclic amines) is 1. The molecule has 1 saturated heterocycles. The quantitative estimate of drug-likeness (QED) is 0.760. The Morgan fingerprint density at radius 2 is 1.82 bits per heavy atom. The molecule has 4 unspecified atom stereocenters. The molecular formula is C18H35ClNO2-. The minimum atomic E-state index is -0.326. The molecule has 2 fully saturated rings. The highest BCUT2D eigenvalue weighted by Crippen LogP contribution is 2.35. The van der Waals surface area contributed by atoms with Crippen molar-refractivity contribution in [3.05, 3.63) is 0 Å². The largest absolute Gasteiger partial charge is 1.00 e. The maximum Gasteiger partial charge on any atom is 0.0900 e. The standard InChI is InChI=1S/C18H35NO2.ClH/c1-14(2)17-8-7-15(3)11-18(17)21-13-16(20)12-19-9-5-4-6-10-19;/h14-18,20H,4-13H2,1-3H3;1H/p-1. The summed E-state index contributed by atoms with van der Waals surface area (Å²) in [5, 5.41) is 10.3. The van der Waals surface area contributed by atoms with Gasteiger partial charge in [-0.25, -0.2) is 0 Å². The highest BCUT2D eigenvalue weighted by molar-refractivity contribution is 4.82. The third-order valence-electron chi connectivity index (χ3n) is 5.38. The average Bonchev–Trinajstić information content (AvgIpc) is 2.46. The molecule has 4 heteroatoms. The second-order valence-corrected chi connectivity index (χ2v) is 7.71. The van der Waals surface area contributed by atoms with Gasteiger partial charge in [0, 0.05) is 6.54 Å². The molecule has 1 heterocycles. The Bertz CT molecular complexity index is 295. The Labute approximate surface area is 143 Å². The monoisotopic (exact) mass is 332 g/mol. The molecule has 22 heavy (non-hydrogen) atoms. The van der Waals surface area contributed by atoms with Gasteiger partial charge in [-0.05, 0) is 56.5 Å². The maximum atomic E-state index is 10.3. The molecule has 0 radical (unpaired) electrons. The summed E-state index contributed by atoms with van der Waals surface area (Å²) in [6, 6.07) is 0. The summed E-state index contributed by atoms with van der Waals surface area (Å²) in [5.74, 6) is 2.12. The van der Waals surface area contributed by atoms with Crippen molar-refractivity contribution < 1.29 is 22.3 Å². The predicted octanol–water partition coefficient (Wildman–Crippen LogP) is 0.315. The lowest BCUT2D eigenvalue weighted by Gasteiger charge is -2.38. The van der Waals surface area contributed by atoms with Crippen LogP contribution in [0, 0.1) is 17.8 Å². The van der Waals surface area contributed by atoms with Crippen LogP contribution in [-0.2, 0) is 4.74 Å². The van der Waals surface area contributed by atoms with Crippen molar-refractivity contribution in [2.75, 3.05) is 26.2 Å². The number of β-amino-alcohol motifs (C(OH)–C–C–N with tert-alkyl or cyclic N) is 1. The molecule has 0 spiro atoms. The molecule has 1 N–H and O–H groups in total. The lowest BCUT2D eigenvalue weighted by Crippen LogP contribution is -3.00. The number of rotatable bonds is 6. The van der Waals surface area contributed by atoms with E-state index in [1.54, 1.807) is 0 Å². The van der Waals surface area contributed by atoms with E-state index in [2.05, 4.69) is 25.7 Å². The van der Waals surface area contributed by atoms with Crippen LogP contribution in [0.25, 0.3) is 0 Å². The van der Waals surface area contributed by atoms with Crippen molar-refractivity contribution in [1.29, 1.82) is 0 Å². The molecule has 0 aromatic heterocycles. The first-order valence-corrected chi connectivity index (χ1v) is 9.08. The Morgan fingerprint density at radius 3 is 2.45 bits per heavy atom. The van der Waals surface area contributed by atoms with Gasteiger partial charge in [0.1, 0.15) is 0 Å². The molecule has 0 bridgehead atoms. The summed E-state index contributed by atoms with van der Waals surface area (Å²) < 4.78 is 6.15. The van der Waals surface area contributed by atoms with Crippen LogP contribution in [0.4, 0.5) is 0 Å². The molecule has 0 amide bonds. The molecule has 132 valence electrons. The number of halogens is 1. The van der Waals surface area contributed by atoms with Crippen LogP contribution in [0.1, 0.15) is 59.3 Å². The molecule has 4 atom stereocenters. The first-order chi connectivity index (χ1) is 10.1. The van der Waals surface area contributed by atoms with Gasteiger partial charge in [-0.15, -0.1) is 0 Å². The van der Waals surface area contributed by atoms with Gasteiger partial charge in [-0.1, -0.05) is 33.6 Å². The fraction of sp³-hybridized carbons (Fsp3) is 1.00. The fourth-order valence-electron chi connectivity index (χ4n) is 4.03. The molecule has 3 nitrogen and oxygen atoms in total. The number of ether oxygens (including phenoxy) is 1. The van der Waals surface area contributed by atoms with Crippen LogP contribution in [0.2, 0.25) is 0 Å². The molecule has 1 aliphatic heterocycles. The van der Waals surface area contributed by atoms with Crippen LogP contribution < -0.4 is 12.4 Å². The topological polar surface area (TPSA) is 32.7 Å². The fourth-order valence-corrected chi connectivity index (χ4v) is 4.03. The van der Waals surface area contributed by atoms with Crippen LogP contribution in [0.3, 0.4) is 0 Å². The van der Waals surface area contributed by atoms with E-state index in [-0.39, 0.29) is 18.5 Å². The van der Waals surface area contributed by atoms with Gasteiger partial charge in [0.2, 0.25) is 0 Å². The summed E-state index contributed by atoms with van der Waals surface area (Å²) in [4.78, 5) is 2.39. The summed E-state index contributed by atoms with van der Waals surface area (Å²) in [6.07, 6.45) is 7.72. The summed E-state index contributed by atoms with van der Waals surface area (Å²) >= 11 is 0. The van der Waals surface area contributed by atoms with Gasteiger partial charge >= 0.3 is 0 Å². The number of hydrogen-bond acceptors (Lipinski definition) is 3. The lowest BCUT2D eigenvalue weighted by molar-refractivity contribution is -0.0744. The van der Waals surface area contributed by atoms with Crippen molar-refractivity contribution in [1.82, 2.24) is 4.90 Å². The van der Waals surface area contributed by atoms with Gasteiger partial charge in [0.05, 0.1) is 18.8 Å². The van der Waals surface area contributed by atoms with Gasteiger partial charge < -0.3 is 27.2 Å². The van der Waals surface area contributed by atoms with E-state index in [0.29, 0.717) is 24.5 Å². The van der Waals surface area contributed by atoms with Crippen LogP contribution in [0.15, 0.2) is 0 Å². The Balaban J connectivity index is 0.00000242. The highest BCUT2D eigenvalue weighted by atomic mass is 35.5. The Hall–Kier alpha value is 0.170. The third-order valence-corrected chi connectivity index (χ3v) is 5.38. The summed E-state index contributed by atoms with van der Waals surface area (Å²) in [5.41, 5.74) is 0. The minimum absolute atomic E-state index is 0. The number of hydrogen-bond donors (Lipinski definition) is 1. The number of piperidine rings is 1. The van der Waals surface area contributed by atoms with Gasteiger partial charge in [-0.3, -0.25) is 0 Å². The Kier molecular flexibility index (Phi) is 9.30. The van der Waals surface area contributed by atoms with E-state index in [9.17, 15) is 5.11 Å². The molecule has 0 aromatic rings. The predicted molar refractivity (Wildman–Crippen MR) is 87.4 cm³/mol. The highest BCUT2D eigenvalue weighted by Gasteiger charge is 2.31. The SMILES string of the molecule is CC1CCC(C(C)C)C(OCC(O)CN2CCCCC2)C1.[Cl-]. The minimum Gasteiger partial charge on any atom is -1.00 e. The van der Waals surface area contributed by atoms with Gasteiger partial charge in [-0.2, -0.15) is 0 Å². The number of aliphatic hydroxyl groups is 1. The van der Waals surface area contributed by atoms with Crippen LogP contribution in [-0.4, -0.2) is 48.5 Å². The molecule has 0 aromatic carbocycles. The van der Waals surface area contributed by atoms with Crippen molar-refractivity contribution in [2.45, 2.75) is 71.5 Å². The van der Waals surface area contributed by atoms with E-state index in [4.69, 9.17) is 4.74 Å². The normalized spacial score (nSPS) is 31.8. The zero-order valence-corrected chi connectivity index (χ0v) is 15.4. The van der Waals surface area contributed by atoms with Crippen LogP contribution >= 0.6 is 0 Å². The second-order valence-electron chi connectivity index (χ2n) is 7.71. The number of nitrogens with zero attached hydrogens (tertiary/aromatic N) is 1. The second kappa shape index (κ2) is 10.1. The Morgan fingerprint density at radius 1 is 1.14 bits per heavy atom. The van der Waals surface area contributed by atoms with E-state index < -0.39 is 0 Å². The van der Waals surface area contributed by atoms with E-state index in [1.165, 1.54) is 38.5 Å². The van der Waals surface area contributed by atoms with Crippen molar-refractivity contribution >= 4 is 0 Å². The zero-order valence-electron chi connectivity index (χ0n) is 14.6. The molecule has 2 aliphatic rings. The van der Waals surface area contributed by atoms with Gasteiger partial charge in [0.15, 0.2) is 0 Å². The zero-order chi connectivity index (χ0) is 15.2. The van der Waals surface area contributed by atoms with Gasteiger partial charge in [0.25, 0.3) is 0 Å².